The van der Waals surface area contributed by atoms with Crippen LogP contribution in [0.3, 0.4) is 0 Å². The zero-order valence-electron chi connectivity index (χ0n) is 13.1. The van der Waals surface area contributed by atoms with Gasteiger partial charge in [0.25, 0.3) is 0 Å². The van der Waals surface area contributed by atoms with Crippen molar-refractivity contribution >= 4 is 33.8 Å². The van der Waals surface area contributed by atoms with Gasteiger partial charge in [-0.1, -0.05) is 30.3 Å². The number of hydrogen-bond acceptors (Lipinski definition) is 3. The number of H-pyrrole nitrogens is 1. The Bertz CT molecular complexity index is 1180. The number of nitriles is 1. The molecular formula is C19H13N5O. The van der Waals surface area contributed by atoms with Gasteiger partial charge >= 0.3 is 0 Å². The van der Waals surface area contributed by atoms with Gasteiger partial charge in [0.1, 0.15) is 0 Å². The van der Waals surface area contributed by atoms with Crippen LogP contribution in [0.4, 0.5) is 5.95 Å². The summed E-state index contributed by atoms with van der Waals surface area (Å²) in [5.74, 6) is -0.669. The highest BCUT2D eigenvalue weighted by atomic mass is 16.2. The fourth-order valence-electron chi connectivity index (χ4n) is 3.68. The minimum absolute atomic E-state index is 0.319. The number of para-hydroxylation sites is 3. The third-order valence-electron chi connectivity index (χ3n) is 4.79. The van der Waals surface area contributed by atoms with E-state index in [9.17, 15) is 10.1 Å². The molecule has 0 bridgehead atoms. The zero-order chi connectivity index (χ0) is 17.0. The second kappa shape index (κ2) is 4.95. The summed E-state index contributed by atoms with van der Waals surface area (Å²) in [6.45, 7) is 0. The second-order valence-corrected chi connectivity index (χ2v) is 6.12. The minimum atomic E-state index is -0.829. The standard InChI is InChI=1S/C19H13N5O/c20-9-12-17(13-10-21-14-6-2-1-5-11(13)14)24-16-8-4-3-7-15(16)22-19(24)23-18(12)25/h1-8,10,12,17,21H,(H,22,23,25). The second-order valence-electron chi connectivity index (χ2n) is 6.12. The highest BCUT2D eigenvalue weighted by Gasteiger charge is 2.39. The van der Waals surface area contributed by atoms with E-state index < -0.39 is 12.0 Å². The van der Waals surface area contributed by atoms with Crippen LogP contribution in [0, 0.1) is 17.2 Å². The quantitative estimate of drug-likeness (QED) is 0.563. The number of carbonyl (C=O) groups is 1. The monoisotopic (exact) mass is 327 g/mol. The van der Waals surface area contributed by atoms with E-state index in [1.165, 1.54) is 0 Å². The molecule has 0 saturated heterocycles. The molecule has 0 saturated carbocycles. The number of nitrogens with zero attached hydrogens (tertiary/aromatic N) is 3. The summed E-state index contributed by atoms with van der Waals surface area (Å²) >= 11 is 0. The molecule has 0 aliphatic carbocycles. The van der Waals surface area contributed by atoms with Gasteiger partial charge in [-0.3, -0.25) is 10.1 Å². The third-order valence-corrected chi connectivity index (χ3v) is 4.79. The lowest BCUT2D eigenvalue weighted by Crippen LogP contribution is -2.37. The Morgan fingerprint density at radius 2 is 1.92 bits per heavy atom. The molecule has 2 atom stereocenters. The molecule has 2 aromatic heterocycles. The Kier molecular flexibility index (Phi) is 2.74. The van der Waals surface area contributed by atoms with Crippen molar-refractivity contribution in [2.75, 3.05) is 5.32 Å². The molecule has 4 aromatic rings. The van der Waals surface area contributed by atoms with Crippen LogP contribution in [0.15, 0.2) is 54.7 Å². The largest absolute Gasteiger partial charge is 0.361 e. The Morgan fingerprint density at radius 3 is 2.80 bits per heavy atom. The van der Waals surface area contributed by atoms with E-state index in [4.69, 9.17) is 0 Å². The van der Waals surface area contributed by atoms with E-state index in [1.54, 1.807) is 0 Å². The van der Waals surface area contributed by atoms with E-state index in [0.29, 0.717) is 5.95 Å². The summed E-state index contributed by atoms with van der Waals surface area (Å²) in [5, 5.41) is 13.5. The van der Waals surface area contributed by atoms with Crippen molar-refractivity contribution in [3.8, 4) is 6.07 Å². The molecule has 1 amide bonds. The molecule has 2 unspecified atom stereocenters. The lowest BCUT2D eigenvalue weighted by molar-refractivity contribution is -0.119. The molecule has 5 rings (SSSR count). The molecular weight excluding hydrogens is 314 g/mol. The lowest BCUT2D eigenvalue weighted by Gasteiger charge is -2.29. The van der Waals surface area contributed by atoms with Gasteiger partial charge < -0.3 is 9.55 Å². The van der Waals surface area contributed by atoms with Crippen LogP contribution in [0.25, 0.3) is 21.9 Å². The van der Waals surface area contributed by atoms with Crippen LogP contribution in [0.5, 0.6) is 0 Å². The van der Waals surface area contributed by atoms with E-state index >= 15 is 0 Å². The number of nitrogens with one attached hydrogen (secondary N) is 2. The van der Waals surface area contributed by atoms with Gasteiger partial charge in [0.2, 0.25) is 11.9 Å². The molecule has 3 heterocycles. The van der Waals surface area contributed by atoms with Gasteiger partial charge in [0, 0.05) is 22.7 Å². The van der Waals surface area contributed by atoms with E-state index in [1.807, 2.05) is 59.3 Å². The summed E-state index contributed by atoms with van der Waals surface area (Å²) in [7, 11) is 0. The number of amides is 1. The third kappa shape index (κ3) is 1.83. The van der Waals surface area contributed by atoms with Gasteiger partial charge in [-0.25, -0.2) is 4.98 Å². The summed E-state index contributed by atoms with van der Waals surface area (Å²) in [6.07, 6.45) is 1.89. The fourth-order valence-corrected chi connectivity index (χ4v) is 3.68. The molecule has 25 heavy (non-hydrogen) atoms. The number of carbonyl (C=O) groups excluding carboxylic acids is 1. The van der Waals surface area contributed by atoms with E-state index in [-0.39, 0.29) is 5.91 Å². The number of aromatic amines is 1. The molecule has 6 heteroatoms. The normalized spacial score (nSPS) is 19.6. The number of aromatic nitrogens is 3. The topological polar surface area (TPSA) is 86.5 Å². The molecule has 0 spiro atoms. The van der Waals surface area contributed by atoms with Crippen LogP contribution < -0.4 is 5.32 Å². The molecule has 0 radical (unpaired) electrons. The lowest BCUT2D eigenvalue weighted by atomic mass is 9.91. The SMILES string of the molecule is N#CC1C(=O)Nc2nc3ccccc3n2C1c1c[nH]c2ccccc12. The first-order valence-corrected chi connectivity index (χ1v) is 8.01. The van der Waals surface area contributed by atoms with E-state index in [2.05, 4.69) is 21.4 Å². The van der Waals surface area contributed by atoms with Crippen molar-refractivity contribution in [3.63, 3.8) is 0 Å². The first kappa shape index (κ1) is 13.8. The predicted molar refractivity (Wildman–Crippen MR) is 93.9 cm³/mol. The summed E-state index contributed by atoms with van der Waals surface area (Å²) < 4.78 is 1.96. The predicted octanol–water partition coefficient (Wildman–Crippen LogP) is 3.20. The van der Waals surface area contributed by atoms with Crippen molar-refractivity contribution in [2.24, 2.45) is 5.92 Å². The number of benzene rings is 2. The first-order valence-electron chi connectivity index (χ1n) is 8.01. The number of anilines is 1. The van der Waals surface area contributed by atoms with E-state index in [0.717, 1.165) is 27.5 Å². The Morgan fingerprint density at radius 1 is 1.12 bits per heavy atom. The molecule has 2 N–H and O–H groups in total. The molecule has 120 valence electrons. The fraction of sp³-hybridized carbons (Fsp3) is 0.105. The molecule has 1 aliphatic heterocycles. The Hall–Kier alpha value is -3.59. The highest BCUT2D eigenvalue weighted by Crippen LogP contribution is 2.40. The average Bonchev–Trinajstić information content (AvgIpc) is 3.21. The molecule has 6 nitrogen and oxygen atoms in total. The maximum Gasteiger partial charge on any atom is 0.246 e. The van der Waals surface area contributed by atoms with Crippen LogP contribution in [0.2, 0.25) is 0 Å². The van der Waals surface area contributed by atoms with Crippen molar-refractivity contribution in [2.45, 2.75) is 6.04 Å². The maximum atomic E-state index is 12.5. The number of hydrogen-bond donors (Lipinski definition) is 2. The maximum absolute atomic E-state index is 12.5. The van der Waals surface area contributed by atoms with Crippen molar-refractivity contribution < 1.29 is 4.79 Å². The van der Waals surface area contributed by atoms with Gasteiger partial charge in [-0.15, -0.1) is 0 Å². The Labute approximate surface area is 142 Å². The van der Waals surface area contributed by atoms with Crippen LogP contribution in [0.1, 0.15) is 11.6 Å². The van der Waals surface area contributed by atoms with Crippen molar-refractivity contribution in [3.05, 3.63) is 60.3 Å². The molecule has 1 aliphatic rings. The van der Waals surface area contributed by atoms with Crippen molar-refractivity contribution in [1.29, 1.82) is 5.26 Å². The summed E-state index contributed by atoms with van der Waals surface area (Å²) in [5.41, 5.74) is 3.59. The Balaban J connectivity index is 1.85. The molecule has 2 aromatic carbocycles. The summed E-state index contributed by atoms with van der Waals surface area (Å²) in [6, 6.07) is 17.3. The number of fused-ring (bicyclic) bond motifs is 4. The zero-order valence-corrected chi connectivity index (χ0v) is 13.1. The van der Waals surface area contributed by atoms with Crippen LogP contribution in [-0.4, -0.2) is 20.4 Å². The highest BCUT2D eigenvalue weighted by molar-refractivity contribution is 5.98. The van der Waals surface area contributed by atoms with Gasteiger partial charge in [0.05, 0.1) is 23.1 Å². The van der Waals surface area contributed by atoms with Crippen LogP contribution >= 0.6 is 0 Å². The van der Waals surface area contributed by atoms with Gasteiger partial charge in [-0.2, -0.15) is 5.26 Å². The van der Waals surface area contributed by atoms with Gasteiger partial charge in [0.15, 0.2) is 5.92 Å². The average molecular weight is 327 g/mol. The smallest absolute Gasteiger partial charge is 0.246 e. The van der Waals surface area contributed by atoms with Crippen molar-refractivity contribution in [1.82, 2.24) is 14.5 Å². The number of rotatable bonds is 1. The number of imidazole rings is 1. The first-order chi connectivity index (χ1) is 12.3. The molecule has 0 fully saturated rings. The minimum Gasteiger partial charge on any atom is -0.361 e. The summed E-state index contributed by atoms with van der Waals surface area (Å²) in [4.78, 5) is 20.3. The van der Waals surface area contributed by atoms with Gasteiger partial charge in [-0.05, 0) is 18.2 Å². The van der Waals surface area contributed by atoms with Crippen LogP contribution in [-0.2, 0) is 4.79 Å².